The van der Waals surface area contributed by atoms with Crippen molar-refractivity contribution in [1.82, 2.24) is 10.2 Å². The molecule has 1 heterocycles. The van der Waals surface area contributed by atoms with Crippen molar-refractivity contribution in [2.75, 3.05) is 20.2 Å². The Morgan fingerprint density at radius 3 is 2.46 bits per heavy atom. The molecular weight excluding hydrogens is 328 g/mol. The zero-order valence-corrected chi connectivity index (χ0v) is 16.1. The molecule has 0 aromatic heterocycles. The van der Waals surface area contributed by atoms with E-state index < -0.39 is 0 Å². The monoisotopic (exact) mass is 358 g/mol. The Balaban J connectivity index is 1.70. The van der Waals surface area contributed by atoms with Crippen molar-refractivity contribution in [1.29, 1.82) is 0 Å². The summed E-state index contributed by atoms with van der Waals surface area (Å²) >= 11 is 0. The molecule has 142 valence electrons. The van der Waals surface area contributed by atoms with Crippen molar-refractivity contribution in [2.45, 2.75) is 52.0 Å². The summed E-state index contributed by atoms with van der Waals surface area (Å²) in [6, 6.07) is 7.75. The molecule has 1 unspecified atom stereocenters. The highest BCUT2D eigenvalue weighted by atomic mass is 16.5. The van der Waals surface area contributed by atoms with E-state index in [2.05, 4.69) is 5.32 Å². The second kappa shape index (κ2) is 7.68. The molecule has 1 aliphatic carbocycles. The standard InChI is InChI=1S/C21H30N2O3/c1-15(2)22-20(25)18-13-23(14-21(18)10-4-5-11-21)19(24)12-16-6-8-17(26-3)9-7-16/h6-9,15,18H,4-5,10-14H2,1-3H3,(H,22,25). The van der Waals surface area contributed by atoms with E-state index in [9.17, 15) is 9.59 Å². The first kappa shape index (κ1) is 18.7. The second-order valence-electron chi connectivity index (χ2n) is 8.08. The minimum atomic E-state index is -0.0767. The van der Waals surface area contributed by atoms with Gasteiger partial charge in [-0.05, 0) is 44.4 Å². The Morgan fingerprint density at radius 2 is 1.88 bits per heavy atom. The van der Waals surface area contributed by atoms with Crippen LogP contribution >= 0.6 is 0 Å². The van der Waals surface area contributed by atoms with Crippen LogP contribution in [0.4, 0.5) is 0 Å². The van der Waals surface area contributed by atoms with Crippen molar-refractivity contribution in [3.8, 4) is 5.75 Å². The Hall–Kier alpha value is -2.04. The van der Waals surface area contributed by atoms with E-state index in [-0.39, 0.29) is 29.2 Å². The van der Waals surface area contributed by atoms with Crippen LogP contribution in [0.15, 0.2) is 24.3 Å². The summed E-state index contributed by atoms with van der Waals surface area (Å²) in [6.45, 7) is 5.24. The molecule has 1 aliphatic heterocycles. The van der Waals surface area contributed by atoms with Gasteiger partial charge in [-0.15, -0.1) is 0 Å². The maximum Gasteiger partial charge on any atom is 0.227 e. The largest absolute Gasteiger partial charge is 0.497 e. The number of benzene rings is 1. The maximum atomic E-state index is 12.9. The first-order valence-electron chi connectivity index (χ1n) is 9.64. The minimum Gasteiger partial charge on any atom is -0.497 e. The molecule has 2 amide bonds. The minimum absolute atomic E-state index is 0.0193. The molecule has 5 heteroatoms. The normalized spacial score (nSPS) is 21.4. The second-order valence-corrected chi connectivity index (χ2v) is 8.08. The highest BCUT2D eigenvalue weighted by molar-refractivity contribution is 5.84. The number of methoxy groups -OCH3 is 1. The van der Waals surface area contributed by atoms with Gasteiger partial charge in [0.1, 0.15) is 5.75 Å². The smallest absolute Gasteiger partial charge is 0.227 e. The average Bonchev–Trinajstić information content (AvgIpc) is 3.23. The molecule has 1 spiro atoms. The SMILES string of the molecule is COc1ccc(CC(=O)N2CC(C(=O)NC(C)C)C3(CCCC3)C2)cc1. The van der Waals surface area contributed by atoms with E-state index in [0.29, 0.717) is 13.0 Å². The number of carbonyl (C=O) groups is 2. The van der Waals surface area contributed by atoms with Crippen LogP contribution in [0.3, 0.4) is 0 Å². The molecule has 1 N–H and O–H groups in total. The quantitative estimate of drug-likeness (QED) is 0.880. The highest BCUT2D eigenvalue weighted by Gasteiger charge is 2.52. The summed E-state index contributed by atoms with van der Waals surface area (Å²) < 4.78 is 5.17. The van der Waals surface area contributed by atoms with Crippen LogP contribution in [-0.2, 0) is 16.0 Å². The molecule has 26 heavy (non-hydrogen) atoms. The van der Waals surface area contributed by atoms with E-state index in [1.807, 2.05) is 43.0 Å². The van der Waals surface area contributed by atoms with Crippen LogP contribution in [0.5, 0.6) is 5.75 Å². The zero-order chi connectivity index (χ0) is 18.7. The Labute approximate surface area is 156 Å². The molecule has 1 saturated carbocycles. The number of nitrogens with one attached hydrogen (secondary N) is 1. The Bertz CT molecular complexity index is 648. The lowest BCUT2D eigenvalue weighted by molar-refractivity contribution is -0.130. The number of hydrogen-bond acceptors (Lipinski definition) is 3. The van der Waals surface area contributed by atoms with E-state index in [1.165, 1.54) is 0 Å². The fourth-order valence-electron chi connectivity index (χ4n) is 4.52. The lowest BCUT2D eigenvalue weighted by Gasteiger charge is -2.29. The highest BCUT2D eigenvalue weighted by Crippen LogP contribution is 2.49. The van der Waals surface area contributed by atoms with Gasteiger partial charge in [0.2, 0.25) is 11.8 Å². The summed E-state index contributed by atoms with van der Waals surface area (Å²) in [6.07, 6.45) is 4.79. The van der Waals surface area contributed by atoms with Gasteiger partial charge in [0.05, 0.1) is 19.4 Å². The molecule has 0 bridgehead atoms. The third-order valence-corrected chi connectivity index (χ3v) is 5.86. The molecule has 2 aliphatic rings. The lowest BCUT2D eigenvalue weighted by Crippen LogP contribution is -2.42. The summed E-state index contributed by atoms with van der Waals surface area (Å²) in [5.41, 5.74) is 0.959. The van der Waals surface area contributed by atoms with Gasteiger partial charge >= 0.3 is 0 Å². The topological polar surface area (TPSA) is 58.6 Å². The van der Waals surface area contributed by atoms with Crippen LogP contribution in [0, 0.1) is 11.3 Å². The van der Waals surface area contributed by atoms with Crippen molar-refractivity contribution in [3.63, 3.8) is 0 Å². The van der Waals surface area contributed by atoms with Crippen molar-refractivity contribution >= 4 is 11.8 Å². The number of carbonyl (C=O) groups excluding carboxylic acids is 2. The zero-order valence-electron chi connectivity index (χ0n) is 16.1. The predicted molar refractivity (Wildman–Crippen MR) is 101 cm³/mol. The molecule has 0 radical (unpaired) electrons. The molecule has 1 atom stereocenters. The van der Waals surface area contributed by atoms with Gasteiger partial charge in [0, 0.05) is 24.5 Å². The molecular formula is C21H30N2O3. The number of hydrogen-bond donors (Lipinski definition) is 1. The first-order valence-corrected chi connectivity index (χ1v) is 9.64. The van der Waals surface area contributed by atoms with Gasteiger partial charge < -0.3 is 15.0 Å². The van der Waals surface area contributed by atoms with Gasteiger partial charge in [0.15, 0.2) is 0 Å². The van der Waals surface area contributed by atoms with E-state index >= 15 is 0 Å². The molecule has 3 rings (SSSR count). The van der Waals surface area contributed by atoms with Gasteiger partial charge in [-0.2, -0.15) is 0 Å². The van der Waals surface area contributed by atoms with Gasteiger partial charge in [-0.3, -0.25) is 9.59 Å². The van der Waals surface area contributed by atoms with Crippen molar-refractivity contribution in [2.24, 2.45) is 11.3 Å². The average molecular weight is 358 g/mol. The number of nitrogens with zero attached hydrogens (tertiary/aromatic N) is 1. The van der Waals surface area contributed by atoms with E-state index in [0.717, 1.165) is 43.5 Å². The Morgan fingerprint density at radius 1 is 1.23 bits per heavy atom. The third kappa shape index (κ3) is 3.87. The van der Waals surface area contributed by atoms with Crippen LogP contribution in [0.1, 0.15) is 45.1 Å². The summed E-state index contributed by atoms with van der Waals surface area (Å²) in [7, 11) is 1.63. The summed E-state index contributed by atoms with van der Waals surface area (Å²) in [5, 5.41) is 3.07. The summed E-state index contributed by atoms with van der Waals surface area (Å²) in [5.74, 6) is 0.938. The summed E-state index contributed by atoms with van der Waals surface area (Å²) in [4.78, 5) is 27.5. The molecule has 1 aromatic rings. The fraction of sp³-hybridized carbons (Fsp3) is 0.619. The lowest BCUT2D eigenvalue weighted by atomic mass is 9.76. The predicted octanol–water partition coefficient (Wildman–Crippen LogP) is 2.78. The van der Waals surface area contributed by atoms with Crippen LogP contribution in [0.2, 0.25) is 0 Å². The fourth-order valence-corrected chi connectivity index (χ4v) is 4.52. The molecule has 5 nitrogen and oxygen atoms in total. The van der Waals surface area contributed by atoms with Crippen LogP contribution in [0.25, 0.3) is 0 Å². The van der Waals surface area contributed by atoms with Crippen molar-refractivity contribution in [3.05, 3.63) is 29.8 Å². The van der Waals surface area contributed by atoms with Gasteiger partial charge in [-0.25, -0.2) is 0 Å². The van der Waals surface area contributed by atoms with Gasteiger partial charge in [-0.1, -0.05) is 25.0 Å². The number of ether oxygens (including phenoxy) is 1. The molecule has 1 aromatic carbocycles. The number of likely N-dealkylation sites (tertiary alicyclic amines) is 1. The first-order chi connectivity index (χ1) is 12.4. The Kier molecular flexibility index (Phi) is 5.54. The molecule has 1 saturated heterocycles. The van der Waals surface area contributed by atoms with Crippen LogP contribution in [-0.4, -0.2) is 43.0 Å². The van der Waals surface area contributed by atoms with Gasteiger partial charge in [0.25, 0.3) is 0 Å². The third-order valence-electron chi connectivity index (χ3n) is 5.86. The maximum absolute atomic E-state index is 12.9. The molecule has 2 fully saturated rings. The number of amides is 2. The van der Waals surface area contributed by atoms with Crippen LogP contribution < -0.4 is 10.1 Å². The van der Waals surface area contributed by atoms with Crippen molar-refractivity contribution < 1.29 is 14.3 Å². The van der Waals surface area contributed by atoms with E-state index in [4.69, 9.17) is 4.74 Å². The van der Waals surface area contributed by atoms with E-state index in [1.54, 1.807) is 7.11 Å². The number of rotatable bonds is 5.